The second-order valence-corrected chi connectivity index (χ2v) is 5.85. The van der Waals surface area contributed by atoms with E-state index in [0.29, 0.717) is 6.04 Å². The smallest absolute Gasteiger partial charge is 0.121 e. The Hall–Kier alpha value is -1.26. The molecule has 1 aromatic rings. The Morgan fingerprint density at radius 3 is 3.00 bits per heavy atom. The van der Waals surface area contributed by atoms with Crippen LogP contribution in [0.5, 0.6) is 5.75 Å². The van der Waals surface area contributed by atoms with Crippen LogP contribution in [0.4, 0.5) is 5.69 Å². The molecule has 0 aliphatic carbocycles. The molecule has 1 atom stereocenters. The van der Waals surface area contributed by atoms with Crippen molar-refractivity contribution in [1.29, 1.82) is 0 Å². The molecular weight excluding hydrogens is 250 g/mol. The van der Waals surface area contributed by atoms with Gasteiger partial charge in [0.15, 0.2) is 0 Å². The van der Waals surface area contributed by atoms with Crippen molar-refractivity contribution in [3.63, 3.8) is 0 Å². The van der Waals surface area contributed by atoms with Crippen LogP contribution in [0.1, 0.15) is 19.3 Å². The molecule has 1 heterocycles. The van der Waals surface area contributed by atoms with Gasteiger partial charge in [-0.1, -0.05) is 6.07 Å². The number of ether oxygens (including phenoxy) is 1. The normalized spacial score (nSPS) is 19.4. The minimum absolute atomic E-state index is 0.299. The van der Waals surface area contributed by atoms with E-state index in [1.165, 1.54) is 12.1 Å². The number of piperidine rings is 1. The fourth-order valence-corrected chi connectivity index (χ4v) is 2.59. The lowest BCUT2D eigenvalue weighted by Crippen LogP contribution is -2.42. The molecule has 0 spiro atoms. The molecule has 20 heavy (non-hydrogen) atoms. The number of nitrogens with two attached hydrogens (primary N) is 1. The van der Waals surface area contributed by atoms with Gasteiger partial charge in [-0.15, -0.1) is 0 Å². The van der Waals surface area contributed by atoms with Crippen LogP contribution in [-0.2, 0) is 0 Å². The molecule has 1 unspecified atom stereocenters. The molecule has 2 N–H and O–H groups in total. The van der Waals surface area contributed by atoms with Gasteiger partial charge in [0, 0.05) is 37.4 Å². The molecule has 1 fully saturated rings. The second kappa shape index (κ2) is 7.50. The zero-order chi connectivity index (χ0) is 14.4. The van der Waals surface area contributed by atoms with E-state index in [0.717, 1.165) is 44.8 Å². The minimum atomic E-state index is 0.299. The van der Waals surface area contributed by atoms with Gasteiger partial charge in [-0.05, 0) is 45.5 Å². The van der Waals surface area contributed by atoms with E-state index in [4.69, 9.17) is 10.5 Å². The molecule has 0 aromatic heterocycles. The largest absolute Gasteiger partial charge is 0.493 e. The summed E-state index contributed by atoms with van der Waals surface area (Å²) in [4.78, 5) is 4.54. The van der Waals surface area contributed by atoms with Gasteiger partial charge in [0.1, 0.15) is 5.75 Å². The Balaban J connectivity index is 1.87. The Bertz CT molecular complexity index is 408. The molecule has 1 aliphatic rings. The zero-order valence-corrected chi connectivity index (χ0v) is 12.7. The second-order valence-electron chi connectivity index (χ2n) is 5.85. The van der Waals surface area contributed by atoms with Crippen molar-refractivity contribution < 1.29 is 4.74 Å². The summed E-state index contributed by atoms with van der Waals surface area (Å²) in [5, 5.41) is 0. The molecule has 1 saturated heterocycles. The van der Waals surface area contributed by atoms with E-state index in [1.54, 1.807) is 0 Å². The van der Waals surface area contributed by atoms with E-state index in [9.17, 15) is 0 Å². The van der Waals surface area contributed by atoms with Gasteiger partial charge < -0.3 is 20.3 Å². The number of rotatable bonds is 6. The van der Waals surface area contributed by atoms with Crippen molar-refractivity contribution in [3.05, 3.63) is 24.3 Å². The van der Waals surface area contributed by atoms with Gasteiger partial charge in [-0.2, -0.15) is 0 Å². The highest BCUT2D eigenvalue weighted by Crippen LogP contribution is 2.24. The molecule has 1 aromatic carbocycles. The molecule has 4 heteroatoms. The lowest BCUT2D eigenvalue weighted by molar-refractivity contribution is 0.281. The highest BCUT2D eigenvalue weighted by molar-refractivity contribution is 5.51. The molecule has 0 bridgehead atoms. The summed E-state index contributed by atoms with van der Waals surface area (Å²) >= 11 is 0. The molecule has 0 saturated carbocycles. The summed E-state index contributed by atoms with van der Waals surface area (Å²) in [5.74, 6) is 0.959. The standard InChI is InChI=1S/C16H27N3O/c1-18(2)9-5-11-20-16-8-3-7-15(12-16)19-10-4-6-14(17)13-19/h3,7-8,12,14H,4-6,9-11,13,17H2,1-2H3. The molecule has 2 rings (SSSR count). The predicted octanol–water partition coefficient (Wildman–Crippen LogP) is 1.94. The van der Waals surface area contributed by atoms with E-state index >= 15 is 0 Å². The highest BCUT2D eigenvalue weighted by Gasteiger charge is 2.17. The van der Waals surface area contributed by atoms with Crippen LogP contribution in [0, 0.1) is 0 Å². The number of hydrogen-bond donors (Lipinski definition) is 1. The van der Waals surface area contributed by atoms with Crippen molar-refractivity contribution in [3.8, 4) is 5.75 Å². The van der Waals surface area contributed by atoms with Gasteiger partial charge in [-0.3, -0.25) is 0 Å². The van der Waals surface area contributed by atoms with Crippen LogP contribution >= 0.6 is 0 Å². The lowest BCUT2D eigenvalue weighted by Gasteiger charge is -2.32. The molecule has 4 nitrogen and oxygen atoms in total. The first kappa shape index (κ1) is 15.1. The third kappa shape index (κ3) is 4.69. The number of hydrogen-bond acceptors (Lipinski definition) is 4. The summed E-state index contributed by atoms with van der Waals surface area (Å²) in [6.07, 6.45) is 3.36. The van der Waals surface area contributed by atoms with Crippen LogP contribution < -0.4 is 15.4 Å². The SMILES string of the molecule is CN(C)CCCOc1cccc(N2CCCC(N)C2)c1. The minimum Gasteiger partial charge on any atom is -0.493 e. The monoisotopic (exact) mass is 277 g/mol. The third-order valence-corrected chi connectivity index (χ3v) is 3.66. The van der Waals surface area contributed by atoms with E-state index < -0.39 is 0 Å². The Labute approximate surface area is 122 Å². The average molecular weight is 277 g/mol. The van der Waals surface area contributed by atoms with E-state index in [2.05, 4.69) is 42.1 Å². The van der Waals surface area contributed by atoms with Crippen molar-refractivity contribution in [2.75, 3.05) is 45.2 Å². The Morgan fingerprint density at radius 1 is 1.40 bits per heavy atom. The first-order valence-corrected chi connectivity index (χ1v) is 7.53. The topological polar surface area (TPSA) is 41.7 Å². The van der Waals surface area contributed by atoms with Gasteiger partial charge in [0.25, 0.3) is 0 Å². The Kier molecular flexibility index (Phi) is 5.68. The Morgan fingerprint density at radius 2 is 2.25 bits per heavy atom. The maximum Gasteiger partial charge on any atom is 0.121 e. The third-order valence-electron chi connectivity index (χ3n) is 3.66. The van der Waals surface area contributed by atoms with Crippen LogP contribution in [0.25, 0.3) is 0 Å². The van der Waals surface area contributed by atoms with Crippen LogP contribution in [0.3, 0.4) is 0 Å². The highest BCUT2D eigenvalue weighted by atomic mass is 16.5. The van der Waals surface area contributed by atoms with Crippen molar-refractivity contribution in [2.45, 2.75) is 25.3 Å². The molecule has 1 aliphatic heterocycles. The number of benzene rings is 1. The van der Waals surface area contributed by atoms with Gasteiger partial charge >= 0.3 is 0 Å². The lowest BCUT2D eigenvalue weighted by atomic mass is 10.1. The van der Waals surface area contributed by atoms with Crippen LogP contribution in [0.15, 0.2) is 24.3 Å². The fourth-order valence-electron chi connectivity index (χ4n) is 2.59. The van der Waals surface area contributed by atoms with Crippen molar-refractivity contribution >= 4 is 5.69 Å². The van der Waals surface area contributed by atoms with Gasteiger partial charge in [0.05, 0.1) is 6.61 Å². The first-order chi connectivity index (χ1) is 9.65. The van der Waals surface area contributed by atoms with Crippen molar-refractivity contribution in [1.82, 2.24) is 4.90 Å². The summed E-state index contributed by atoms with van der Waals surface area (Å²) in [5.41, 5.74) is 7.28. The predicted molar refractivity (Wildman–Crippen MR) is 84.5 cm³/mol. The van der Waals surface area contributed by atoms with E-state index in [1.807, 2.05) is 6.07 Å². The zero-order valence-electron chi connectivity index (χ0n) is 12.7. The van der Waals surface area contributed by atoms with Crippen LogP contribution in [0.2, 0.25) is 0 Å². The summed E-state index contributed by atoms with van der Waals surface area (Å²) in [7, 11) is 4.17. The molecule has 112 valence electrons. The quantitative estimate of drug-likeness (QED) is 0.807. The number of nitrogens with zero attached hydrogens (tertiary/aromatic N) is 2. The summed E-state index contributed by atoms with van der Waals surface area (Å²) < 4.78 is 5.83. The van der Waals surface area contributed by atoms with E-state index in [-0.39, 0.29) is 0 Å². The van der Waals surface area contributed by atoms with Gasteiger partial charge in [0.2, 0.25) is 0 Å². The van der Waals surface area contributed by atoms with Crippen LogP contribution in [-0.4, -0.2) is 51.3 Å². The van der Waals surface area contributed by atoms with Gasteiger partial charge in [-0.25, -0.2) is 0 Å². The summed E-state index contributed by atoms with van der Waals surface area (Å²) in [6, 6.07) is 8.67. The number of anilines is 1. The molecular formula is C16H27N3O. The fraction of sp³-hybridized carbons (Fsp3) is 0.625. The molecule has 0 amide bonds. The summed E-state index contributed by atoms with van der Waals surface area (Å²) in [6.45, 7) is 3.86. The van der Waals surface area contributed by atoms with Crippen molar-refractivity contribution in [2.24, 2.45) is 5.73 Å². The first-order valence-electron chi connectivity index (χ1n) is 7.53. The molecule has 0 radical (unpaired) electrons. The average Bonchev–Trinajstić information content (AvgIpc) is 2.44. The maximum absolute atomic E-state index is 6.05. The maximum atomic E-state index is 6.05.